The van der Waals surface area contributed by atoms with Crippen LogP contribution in [-0.2, 0) is 21.4 Å². The van der Waals surface area contributed by atoms with Crippen LogP contribution in [0.5, 0.6) is 0 Å². The van der Waals surface area contributed by atoms with Gasteiger partial charge in [0.25, 0.3) is 10.0 Å². The summed E-state index contributed by atoms with van der Waals surface area (Å²) in [6.07, 6.45) is 0. The number of rotatable bonds is 4. The lowest BCUT2D eigenvalue weighted by Gasteiger charge is -2.37. The van der Waals surface area contributed by atoms with E-state index >= 15 is 0 Å². The molecule has 3 aromatic carbocycles. The van der Waals surface area contributed by atoms with E-state index in [9.17, 15) is 13.2 Å². The third-order valence-corrected chi connectivity index (χ3v) is 7.06. The summed E-state index contributed by atoms with van der Waals surface area (Å²) in [5.74, 6) is -0.227. The Kier molecular flexibility index (Phi) is 4.62. The van der Waals surface area contributed by atoms with Crippen LogP contribution in [0, 0.1) is 0 Å². The van der Waals surface area contributed by atoms with Gasteiger partial charge in [0.05, 0.1) is 10.6 Å². The fourth-order valence-electron chi connectivity index (χ4n) is 3.80. The minimum absolute atomic E-state index is 0.222. The van der Waals surface area contributed by atoms with Crippen LogP contribution < -0.4 is 4.31 Å². The molecule has 4 rings (SSSR count). The van der Waals surface area contributed by atoms with Gasteiger partial charge in [-0.2, -0.15) is 0 Å². The van der Waals surface area contributed by atoms with Gasteiger partial charge in [-0.1, -0.05) is 54.6 Å². The van der Waals surface area contributed by atoms with Gasteiger partial charge in [-0.25, -0.2) is 8.42 Å². The summed E-state index contributed by atoms with van der Waals surface area (Å²) in [6, 6.07) is 20.4. The molecule has 29 heavy (non-hydrogen) atoms. The SMILES string of the molecule is CC(C)(C)N(Cc1ccccc1)C(=O)CN1c2cccc3cccc(c23)S1(=O)=O. The van der Waals surface area contributed by atoms with Crippen LogP contribution in [0.15, 0.2) is 71.6 Å². The number of carbonyl (C=O) groups is 1. The fourth-order valence-corrected chi connectivity index (χ4v) is 5.46. The van der Waals surface area contributed by atoms with Crippen molar-refractivity contribution < 1.29 is 13.2 Å². The Morgan fingerprint density at radius 2 is 1.59 bits per heavy atom. The van der Waals surface area contributed by atoms with Gasteiger partial charge in [0.15, 0.2) is 0 Å². The maximum atomic E-state index is 13.3. The monoisotopic (exact) mass is 408 g/mol. The Labute approximate surface area is 171 Å². The van der Waals surface area contributed by atoms with Crippen molar-refractivity contribution in [3.63, 3.8) is 0 Å². The van der Waals surface area contributed by atoms with E-state index in [1.54, 1.807) is 23.1 Å². The number of anilines is 1. The molecule has 3 aromatic rings. The molecule has 0 spiro atoms. The Morgan fingerprint density at radius 1 is 0.931 bits per heavy atom. The smallest absolute Gasteiger partial charge is 0.265 e. The molecular weight excluding hydrogens is 384 g/mol. The second-order valence-electron chi connectivity index (χ2n) is 8.28. The van der Waals surface area contributed by atoms with Gasteiger partial charge in [0, 0.05) is 17.5 Å². The van der Waals surface area contributed by atoms with Crippen LogP contribution in [0.3, 0.4) is 0 Å². The molecule has 0 fully saturated rings. The van der Waals surface area contributed by atoms with Crippen molar-refractivity contribution >= 4 is 32.4 Å². The molecule has 0 bridgehead atoms. The van der Waals surface area contributed by atoms with Gasteiger partial charge in [-0.15, -0.1) is 0 Å². The molecule has 0 N–H and O–H groups in total. The summed E-state index contributed by atoms with van der Waals surface area (Å²) in [5.41, 5.74) is 1.13. The lowest BCUT2D eigenvalue weighted by atomic mass is 10.0. The minimum Gasteiger partial charge on any atom is -0.332 e. The number of hydrogen-bond donors (Lipinski definition) is 0. The predicted molar refractivity (Wildman–Crippen MR) is 115 cm³/mol. The van der Waals surface area contributed by atoms with Crippen molar-refractivity contribution in [3.8, 4) is 0 Å². The second kappa shape index (κ2) is 6.88. The quantitative estimate of drug-likeness (QED) is 0.651. The molecule has 1 heterocycles. The highest BCUT2D eigenvalue weighted by Crippen LogP contribution is 2.42. The van der Waals surface area contributed by atoms with Crippen LogP contribution in [-0.4, -0.2) is 31.3 Å². The van der Waals surface area contributed by atoms with Gasteiger partial charge in [0.2, 0.25) is 5.91 Å². The van der Waals surface area contributed by atoms with Crippen LogP contribution >= 0.6 is 0 Å². The van der Waals surface area contributed by atoms with E-state index in [2.05, 4.69) is 0 Å². The zero-order valence-electron chi connectivity index (χ0n) is 16.8. The van der Waals surface area contributed by atoms with E-state index < -0.39 is 15.6 Å². The first-order valence-corrected chi connectivity index (χ1v) is 11.0. The van der Waals surface area contributed by atoms with Crippen LogP contribution in [0.25, 0.3) is 10.8 Å². The van der Waals surface area contributed by atoms with Crippen molar-refractivity contribution in [1.29, 1.82) is 0 Å². The summed E-state index contributed by atoms with van der Waals surface area (Å²) < 4.78 is 27.6. The standard InChI is InChI=1S/C23H24N2O3S/c1-23(2,3)24(15-17-9-5-4-6-10-17)21(26)16-25-19-13-7-11-18-12-8-14-20(22(18)19)29(25,27)28/h4-14H,15-16H2,1-3H3. The first-order valence-electron chi connectivity index (χ1n) is 9.58. The largest absolute Gasteiger partial charge is 0.332 e. The van der Waals surface area contributed by atoms with Gasteiger partial charge in [-0.3, -0.25) is 9.10 Å². The molecule has 0 aromatic heterocycles. The van der Waals surface area contributed by atoms with E-state index in [0.717, 1.165) is 10.9 Å². The number of amides is 1. The predicted octanol–water partition coefficient (Wildman–Crippen LogP) is 4.18. The van der Waals surface area contributed by atoms with Gasteiger partial charge in [-0.05, 0) is 43.9 Å². The third kappa shape index (κ3) is 3.38. The molecular formula is C23H24N2O3S. The minimum atomic E-state index is -3.76. The molecule has 0 saturated carbocycles. The maximum Gasteiger partial charge on any atom is 0.265 e. The molecule has 0 radical (unpaired) electrons. The molecule has 0 atom stereocenters. The third-order valence-electron chi connectivity index (χ3n) is 5.25. The normalized spacial score (nSPS) is 14.9. The summed E-state index contributed by atoms with van der Waals surface area (Å²) in [5, 5.41) is 1.55. The summed E-state index contributed by atoms with van der Waals surface area (Å²) in [6.45, 7) is 6.08. The first kappa shape index (κ1) is 19.5. The summed E-state index contributed by atoms with van der Waals surface area (Å²) in [4.78, 5) is 15.3. The van der Waals surface area contributed by atoms with Gasteiger partial charge >= 0.3 is 0 Å². The van der Waals surface area contributed by atoms with Crippen molar-refractivity contribution in [1.82, 2.24) is 4.90 Å². The van der Waals surface area contributed by atoms with E-state index in [-0.39, 0.29) is 17.3 Å². The highest BCUT2D eigenvalue weighted by molar-refractivity contribution is 7.93. The Bertz CT molecular complexity index is 1180. The zero-order valence-corrected chi connectivity index (χ0v) is 17.6. The molecule has 1 amide bonds. The summed E-state index contributed by atoms with van der Waals surface area (Å²) >= 11 is 0. The average Bonchev–Trinajstić information content (AvgIpc) is 2.89. The molecule has 150 valence electrons. The molecule has 1 aliphatic heterocycles. The molecule has 0 unspecified atom stereocenters. The first-order chi connectivity index (χ1) is 13.7. The van der Waals surface area contributed by atoms with Crippen molar-refractivity contribution in [2.75, 3.05) is 10.8 Å². The lowest BCUT2D eigenvalue weighted by Crippen LogP contribution is -2.49. The van der Waals surface area contributed by atoms with Crippen molar-refractivity contribution in [2.24, 2.45) is 0 Å². The fraction of sp³-hybridized carbons (Fsp3) is 0.261. The van der Waals surface area contributed by atoms with E-state index in [1.807, 2.05) is 69.3 Å². The van der Waals surface area contributed by atoms with E-state index in [0.29, 0.717) is 17.6 Å². The maximum absolute atomic E-state index is 13.3. The van der Waals surface area contributed by atoms with Crippen LogP contribution in [0.2, 0.25) is 0 Å². The van der Waals surface area contributed by atoms with Gasteiger partial charge < -0.3 is 4.90 Å². The molecule has 0 saturated heterocycles. The number of benzene rings is 3. The zero-order chi connectivity index (χ0) is 20.8. The van der Waals surface area contributed by atoms with Crippen molar-refractivity contribution in [2.45, 2.75) is 37.8 Å². The lowest BCUT2D eigenvalue weighted by molar-refractivity contribution is -0.135. The van der Waals surface area contributed by atoms with Crippen LogP contribution in [0.4, 0.5) is 5.69 Å². The van der Waals surface area contributed by atoms with Crippen LogP contribution in [0.1, 0.15) is 26.3 Å². The van der Waals surface area contributed by atoms with Gasteiger partial charge in [0.1, 0.15) is 6.54 Å². The highest BCUT2D eigenvalue weighted by atomic mass is 32.2. The van der Waals surface area contributed by atoms with E-state index in [1.165, 1.54) is 4.31 Å². The number of carbonyl (C=O) groups excluding carboxylic acids is 1. The Balaban J connectivity index is 1.69. The molecule has 0 aliphatic carbocycles. The van der Waals surface area contributed by atoms with Crippen molar-refractivity contribution in [3.05, 3.63) is 72.3 Å². The number of sulfonamides is 1. The molecule has 6 heteroatoms. The van der Waals surface area contributed by atoms with E-state index in [4.69, 9.17) is 0 Å². The molecule has 5 nitrogen and oxygen atoms in total. The Morgan fingerprint density at radius 3 is 2.24 bits per heavy atom. The Hall–Kier alpha value is -2.86. The highest BCUT2D eigenvalue weighted by Gasteiger charge is 2.38. The second-order valence-corrected chi connectivity index (χ2v) is 10.1. The summed E-state index contributed by atoms with van der Waals surface area (Å²) in [7, 11) is -3.76. The molecule has 1 aliphatic rings. The topological polar surface area (TPSA) is 57.7 Å². The number of nitrogens with zero attached hydrogens (tertiary/aromatic N) is 2. The average molecular weight is 409 g/mol. The number of hydrogen-bond acceptors (Lipinski definition) is 3.